The Morgan fingerprint density at radius 1 is 0.984 bits per heavy atom. The van der Waals surface area contributed by atoms with Gasteiger partial charge >= 0.3 is 6.09 Å². The quantitative estimate of drug-likeness (QED) is 0.174. The first-order valence-electron chi connectivity index (χ1n) is 21.5. The maximum absolute atomic E-state index is 14.8. The van der Waals surface area contributed by atoms with Gasteiger partial charge in [0.25, 0.3) is 5.91 Å². The van der Waals surface area contributed by atoms with Crippen molar-refractivity contribution in [2.45, 2.75) is 138 Å². The molecular formula is C43H55N7O9S2. The number of alkyl carbamates (subject to hydrolysis) is 1. The van der Waals surface area contributed by atoms with Crippen molar-refractivity contribution in [2.24, 2.45) is 5.92 Å². The minimum atomic E-state index is -3.91. The molecule has 2 aliphatic heterocycles. The number of allylic oxidation sites excluding steroid dienone is 1. The predicted octanol–water partition coefficient (Wildman–Crippen LogP) is 5.58. The van der Waals surface area contributed by atoms with Crippen LogP contribution in [0.15, 0.2) is 41.8 Å². The highest BCUT2D eigenvalue weighted by Gasteiger charge is 2.62. The van der Waals surface area contributed by atoms with Crippen LogP contribution in [0.5, 0.6) is 11.5 Å². The summed E-state index contributed by atoms with van der Waals surface area (Å²) in [6, 6.07) is 5.31. The molecule has 0 spiro atoms. The number of ether oxygens (including phenoxy) is 3. The fraction of sp³-hybridized carbons (Fsp3) is 0.581. The number of sulfonamides is 1. The van der Waals surface area contributed by atoms with Gasteiger partial charge in [-0.25, -0.2) is 23.2 Å². The lowest BCUT2D eigenvalue weighted by Gasteiger charge is -2.30. The van der Waals surface area contributed by atoms with Gasteiger partial charge < -0.3 is 35.1 Å². The molecule has 3 aliphatic carbocycles. The van der Waals surface area contributed by atoms with E-state index in [1.165, 1.54) is 16.2 Å². The van der Waals surface area contributed by atoms with Gasteiger partial charge in [-0.1, -0.05) is 25.0 Å². The van der Waals surface area contributed by atoms with Gasteiger partial charge in [0.2, 0.25) is 21.8 Å². The third-order valence-electron chi connectivity index (χ3n) is 12.2. The van der Waals surface area contributed by atoms with Crippen LogP contribution in [0.1, 0.15) is 97.3 Å². The number of rotatable bonds is 11. The molecule has 0 bridgehead atoms. The second-order valence-electron chi connectivity index (χ2n) is 17.2. The van der Waals surface area contributed by atoms with Crippen molar-refractivity contribution >= 4 is 61.2 Å². The van der Waals surface area contributed by atoms with Gasteiger partial charge in [0.05, 0.1) is 30.1 Å². The fourth-order valence-electron chi connectivity index (χ4n) is 8.60. The summed E-state index contributed by atoms with van der Waals surface area (Å²) in [6.45, 7) is 4.05. The number of carbonyl (C=O) groups is 4. The number of fused-ring (bicyclic) bond motifs is 3. The molecule has 4 N–H and O–H groups in total. The predicted molar refractivity (Wildman–Crippen MR) is 230 cm³/mol. The average molecular weight is 878 g/mol. The summed E-state index contributed by atoms with van der Waals surface area (Å²) < 4.78 is 46.2. The Hall–Kier alpha value is -4.97. The number of aromatic nitrogens is 2. The molecule has 3 saturated carbocycles. The number of hydrogen-bond donors (Lipinski definition) is 4. The number of nitrogens with one attached hydrogen (secondary N) is 4. The zero-order valence-corrected chi connectivity index (χ0v) is 36.4. The van der Waals surface area contributed by atoms with Crippen LogP contribution in [-0.4, -0.2) is 102 Å². The minimum Gasteiger partial charge on any atom is -0.497 e. The standard InChI is InChI=1S/C43H55N7O9S2/c1-25(2)44-41-46-35(24-60-41)34-21-37(31-18-15-28(57-3)19-33(31)45-34)58-29-20-36-38(51)48-43(40(53)49-61(55,56)30-16-17-30)22-26(43)11-7-5-4-6-8-14-32(39(52)50(36)23-29)47-42(54)59-27-12-9-10-13-27/h7,11,15,18-19,21,24-27,29-30,32,36H,4-6,8-10,12-14,16-17,20,22-23H2,1-3H3,(H,44,46)(H,47,54)(H,48,51)(H,49,53)/b11-7-/t26?,29-,32+,36+,43-/m1/s1. The molecule has 0 radical (unpaired) electrons. The van der Waals surface area contributed by atoms with E-state index in [2.05, 4.69) is 20.7 Å². The Bertz CT molecular complexity index is 2290. The largest absolute Gasteiger partial charge is 0.497 e. The SMILES string of the molecule is COc1ccc2c(O[C@@H]3C[C@H]4C(=O)N[C@]5(C(=O)NS(=O)(=O)C6CC6)CC5/C=C\CCCCC[C@H](NC(=O)OC5CCCC5)C(=O)N4C3)cc(-c3csc(NC(C)C)n3)nc2c1. The van der Waals surface area contributed by atoms with Gasteiger partial charge in [0.1, 0.15) is 47.0 Å². The van der Waals surface area contributed by atoms with Gasteiger partial charge in [-0.3, -0.25) is 19.1 Å². The molecule has 328 valence electrons. The van der Waals surface area contributed by atoms with Crippen molar-refractivity contribution < 1.29 is 41.8 Å². The molecule has 61 heavy (non-hydrogen) atoms. The first-order chi connectivity index (χ1) is 29.3. The topological polar surface area (TPSA) is 207 Å². The Balaban J connectivity index is 1.11. The second kappa shape index (κ2) is 17.8. The Morgan fingerprint density at radius 2 is 1.77 bits per heavy atom. The summed E-state index contributed by atoms with van der Waals surface area (Å²) in [5.74, 6) is -1.26. The van der Waals surface area contributed by atoms with E-state index in [4.69, 9.17) is 24.2 Å². The molecule has 4 amide bonds. The molecule has 3 aromatic rings. The highest BCUT2D eigenvalue weighted by molar-refractivity contribution is 7.91. The number of amides is 4. The molecule has 5 aliphatic rings. The van der Waals surface area contributed by atoms with Crippen molar-refractivity contribution in [1.82, 2.24) is 30.2 Å². The van der Waals surface area contributed by atoms with Crippen LogP contribution < -0.4 is 30.1 Å². The number of nitrogens with zero attached hydrogens (tertiary/aromatic N) is 3. The van der Waals surface area contributed by atoms with Crippen LogP contribution >= 0.6 is 11.3 Å². The van der Waals surface area contributed by atoms with Crippen LogP contribution in [-0.2, 0) is 29.1 Å². The van der Waals surface area contributed by atoms with Crippen molar-refractivity contribution in [3.8, 4) is 22.9 Å². The number of anilines is 1. The van der Waals surface area contributed by atoms with E-state index >= 15 is 0 Å². The van der Waals surface area contributed by atoms with Crippen molar-refractivity contribution in [3.63, 3.8) is 0 Å². The fourth-order valence-corrected chi connectivity index (χ4v) is 10.8. The van der Waals surface area contributed by atoms with Crippen LogP contribution in [0.3, 0.4) is 0 Å². The highest BCUT2D eigenvalue weighted by Crippen LogP contribution is 2.46. The van der Waals surface area contributed by atoms with Gasteiger partial charge in [0.15, 0.2) is 5.13 Å². The molecule has 16 nitrogen and oxygen atoms in total. The third-order valence-corrected chi connectivity index (χ3v) is 14.8. The van der Waals surface area contributed by atoms with Gasteiger partial charge in [-0.2, -0.15) is 0 Å². The van der Waals surface area contributed by atoms with Gasteiger partial charge in [-0.15, -0.1) is 11.3 Å². The summed E-state index contributed by atoms with van der Waals surface area (Å²) in [7, 11) is -2.34. The van der Waals surface area contributed by atoms with Crippen LogP contribution in [0.25, 0.3) is 22.3 Å². The van der Waals surface area contributed by atoms with Crippen molar-refractivity contribution in [3.05, 3.63) is 41.8 Å². The number of methoxy groups -OCH3 is 1. The lowest BCUT2D eigenvalue weighted by atomic mass is 10.0. The maximum atomic E-state index is 14.8. The van der Waals surface area contributed by atoms with Crippen LogP contribution in [0, 0.1) is 5.92 Å². The lowest BCUT2D eigenvalue weighted by Crippen LogP contribution is -2.58. The number of benzene rings is 1. The van der Waals surface area contributed by atoms with Crippen molar-refractivity contribution in [2.75, 3.05) is 19.0 Å². The number of carbonyl (C=O) groups excluding carboxylic acids is 4. The molecular weight excluding hydrogens is 823 g/mol. The number of pyridine rings is 1. The summed E-state index contributed by atoms with van der Waals surface area (Å²) in [5.41, 5.74) is 0.262. The average Bonchev–Trinajstić information content (AvgIpc) is 4.00. The molecule has 1 aromatic carbocycles. The smallest absolute Gasteiger partial charge is 0.408 e. The molecule has 1 saturated heterocycles. The van der Waals surface area contributed by atoms with E-state index in [0.717, 1.165) is 43.7 Å². The van der Waals surface area contributed by atoms with E-state index in [9.17, 15) is 27.6 Å². The number of thiazole rings is 1. The molecule has 2 aromatic heterocycles. The zero-order valence-electron chi connectivity index (χ0n) is 34.8. The van der Waals surface area contributed by atoms with Gasteiger partial charge in [0, 0.05) is 41.3 Å². The molecule has 8 rings (SSSR count). The Labute approximate surface area is 360 Å². The molecule has 4 heterocycles. The van der Waals surface area contributed by atoms with E-state index in [-0.39, 0.29) is 31.5 Å². The third kappa shape index (κ3) is 9.74. The first kappa shape index (κ1) is 42.7. The van der Waals surface area contributed by atoms with E-state index < -0.39 is 68.7 Å². The zero-order chi connectivity index (χ0) is 42.9. The van der Waals surface area contributed by atoms with Crippen LogP contribution in [0.2, 0.25) is 0 Å². The molecule has 18 heteroatoms. The first-order valence-corrected chi connectivity index (χ1v) is 23.9. The monoisotopic (exact) mass is 877 g/mol. The van der Waals surface area contributed by atoms with E-state index in [1.54, 1.807) is 25.3 Å². The second-order valence-corrected chi connectivity index (χ2v) is 20.0. The maximum Gasteiger partial charge on any atom is 0.408 e. The Morgan fingerprint density at radius 3 is 2.52 bits per heavy atom. The summed E-state index contributed by atoms with van der Waals surface area (Å²) in [4.78, 5) is 67.6. The minimum absolute atomic E-state index is 0.0141. The van der Waals surface area contributed by atoms with Crippen molar-refractivity contribution in [1.29, 1.82) is 0 Å². The molecule has 5 atom stereocenters. The molecule has 1 unspecified atom stereocenters. The summed E-state index contributed by atoms with van der Waals surface area (Å²) >= 11 is 1.46. The van der Waals surface area contributed by atoms with E-state index in [0.29, 0.717) is 65.9 Å². The summed E-state index contributed by atoms with van der Waals surface area (Å²) in [5, 5.41) is 11.8. The van der Waals surface area contributed by atoms with Gasteiger partial charge in [-0.05, 0) is 90.2 Å². The lowest BCUT2D eigenvalue weighted by molar-refractivity contribution is -0.141. The van der Waals surface area contributed by atoms with E-state index in [1.807, 2.05) is 37.4 Å². The molecule has 4 fully saturated rings. The summed E-state index contributed by atoms with van der Waals surface area (Å²) in [6.07, 6.45) is 10.1. The normalized spacial score (nSPS) is 26.7. The number of hydrogen-bond acceptors (Lipinski definition) is 13. The highest BCUT2D eigenvalue weighted by atomic mass is 32.2. The Kier molecular flexibility index (Phi) is 12.5. The van der Waals surface area contributed by atoms with Crippen LogP contribution in [0.4, 0.5) is 9.93 Å².